The summed E-state index contributed by atoms with van der Waals surface area (Å²) in [6, 6.07) is 19.8. The highest BCUT2D eigenvalue weighted by molar-refractivity contribution is 7.99. The molecule has 2 aromatic heterocycles. The van der Waals surface area contributed by atoms with E-state index in [1.54, 1.807) is 43.8 Å². The fourth-order valence-electron chi connectivity index (χ4n) is 3.45. The van der Waals surface area contributed by atoms with Crippen molar-refractivity contribution in [2.75, 3.05) is 25.3 Å². The number of rotatable bonds is 11. The monoisotopic (exact) mass is 494 g/mol. The number of methoxy groups -OCH3 is 2. The summed E-state index contributed by atoms with van der Waals surface area (Å²) in [6.07, 6.45) is 1.58. The molecular formula is C25H26N4O3S2. The van der Waals surface area contributed by atoms with Gasteiger partial charge in [-0.2, -0.15) is 0 Å². The van der Waals surface area contributed by atoms with Crippen molar-refractivity contribution in [2.24, 2.45) is 0 Å². The molecule has 4 aromatic rings. The number of thiophene rings is 1. The average Bonchev–Trinajstić information content (AvgIpc) is 3.52. The zero-order chi connectivity index (χ0) is 23.8. The molecule has 0 fully saturated rings. The molecule has 0 aliphatic rings. The third-order valence-corrected chi connectivity index (χ3v) is 7.03. The van der Waals surface area contributed by atoms with E-state index in [1.165, 1.54) is 22.2 Å². The molecule has 34 heavy (non-hydrogen) atoms. The molecule has 0 saturated carbocycles. The van der Waals surface area contributed by atoms with E-state index in [-0.39, 0.29) is 11.7 Å². The van der Waals surface area contributed by atoms with E-state index in [2.05, 4.69) is 43.7 Å². The van der Waals surface area contributed by atoms with Crippen molar-refractivity contribution in [1.29, 1.82) is 0 Å². The van der Waals surface area contributed by atoms with Crippen molar-refractivity contribution >= 4 is 34.7 Å². The van der Waals surface area contributed by atoms with Gasteiger partial charge in [0.2, 0.25) is 5.91 Å². The number of hydrogen-bond acceptors (Lipinski definition) is 7. The zero-order valence-corrected chi connectivity index (χ0v) is 20.7. The van der Waals surface area contributed by atoms with Crippen LogP contribution >= 0.6 is 23.1 Å². The minimum atomic E-state index is -0.147. The molecule has 0 aliphatic heterocycles. The lowest BCUT2D eigenvalue weighted by atomic mass is 10.1. The number of nitrogens with one attached hydrogen (secondary N) is 1. The highest BCUT2D eigenvalue weighted by Crippen LogP contribution is 2.29. The van der Waals surface area contributed by atoms with Gasteiger partial charge in [-0.15, -0.1) is 21.5 Å². The van der Waals surface area contributed by atoms with Gasteiger partial charge in [0.25, 0.3) is 0 Å². The first-order valence-corrected chi connectivity index (χ1v) is 12.7. The van der Waals surface area contributed by atoms with Crippen LogP contribution < -0.4 is 14.8 Å². The van der Waals surface area contributed by atoms with Gasteiger partial charge in [-0.05, 0) is 35.6 Å². The number of nitrogens with zero attached hydrogens (tertiary/aromatic N) is 3. The third kappa shape index (κ3) is 6.18. The maximum absolute atomic E-state index is 12.7. The molecule has 0 radical (unpaired) electrons. The molecule has 9 heteroatoms. The fraction of sp³-hybridized carbons (Fsp3) is 0.240. The van der Waals surface area contributed by atoms with Crippen molar-refractivity contribution in [3.05, 3.63) is 82.3 Å². The Bertz CT molecular complexity index is 1210. The second-order valence-corrected chi connectivity index (χ2v) is 9.42. The van der Waals surface area contributed by atoms with Crippen molar-refractivity contribution in [3.63, 3.8) is 0 Å². The summed E-state index contributed by atoms with van der Waals surface area (Å²) >= 11 is 3.08. The van der Waals surface area contributed by atoms with Gasteiger partial charge in [-0.1, -0.05) is 48.2 Å². The lowest BCUT2D eigenvalue weighted by molar-refractivity contribution is -0.113. The molecule has 2 heterocycles. The summed E-state index contributed by atoms with van der Waals surface area (Å²) in [5, 5.41) is 14.6. The number of benzene rings is 2. The van der Waals surface area contributed by atoms with Gasteiger partial charge in [0.15, 0.2) is 5.16 Å². The van der Waals surface area contributed by atoms with E-state index < -0.39 is 0 Å². The Hall–Kier alpha value is -3.30. The smallest absolute Gasteiger partial charge is 0.234 e. The van der Waals surface area contributed by atoms with E-state index in [9.17, 15) is 4.79 Å². The van der Waals surface area contributed by atoms with Gasteiger partial charge < -0.3 is 19.4 Å². The minimum Gasteiger partial charge on any atom is -0.497 e. The van der Waals surface area contributed by atoms with Crippen LogP contribution in [0.2, 0.25) is 0 Å². The van der Waals surface area contributed by atoms with Crippen LogP contribution in [0, 0.1) is 0 Å². The number of carbonyl (C=O) groups excluding carboxylic acids is 1. The van der Waals surface area contributed by atoms with Crippen LogP contribution in [-0.2, 0) is 24.2 Å². The number of amides is 1. The first-order chi connectivity index (χ1) is 16.7. The Morgan fingerprint density at radius 3 is 2.65 bits per heavy atom. The van der Waals surface area contributed by atoms with Crippen LogP contribution in [0.1, 0.15) is 16.3 Å². The molecule has 0 saturated heterocycles. The van der Waals surface area contributed by atoms with E-state index in [1.807, 2.05) is 24.3 Å². The Morgan fingerprint density at radius 2 is 1.91 bits per heavy atom. The quantitative estimate of drug-likeness (QED) is 0.298. The number of carbonyl (C=O) groups is 1. The predicted molar refractivity (Wildman–Crippen MR) is 136 cm³/mol. The Kier molecular flexibility index (Phi) is 8.21. The Morgan fingerprint density at radius 1 is 1.06 bits per heavy atom. The van der Waals surface area contributed by atoms with Gasteiger partial charge in [0.05, 0.1) is 25.7 Å². The molecule has 0 unspecified atom stereocenters. The van der Waals surface area contributed by atoms with Gasteiger partial charge >= 0.3 is 0 Å². The SMILES string of the molecule is COc1ccc(NC(=O)CSc2nnc(Cc3cccs3)n2CCc2ccccc2)c(OC)c1. The predicted octanol–water partition coefficient (Wildman–Crippen LogP) is 4.92. The number of ether oxygens (including phenoxy) is 2. The van der Waals surface area contributed by atoms with E-state index in [4.69, 9.17) is 9.47 Å². The van der Waals surface area contributed by atoms with E-state index >= 15 is 0 Å². The molecule has 1 N–H and O–H groups in total. The van der Waals surface area contributed by atoms with Gasteiger partial charge in [0, 0.05) is 23.9 Å². The second-order valence-electron chi connectivity index (χ2n) is 7.45. The molecule has 0 aliphatic carbocycles. The van der Waals surface area contributed by atoms with Crippen LogP contribution in [0.3, 0.4) is 0 Å². The first kappa shape index (κ1) is 23.8. The van der Waals surface area contributed by atoms with Crippen molar-refractivity contribution < 1.29 is 14.3 Å². The highest BCUT2D eigenvalue weighted by Gasteiger charge is 2.16. The van der Waals surface area contributed by atoms with Crippen LogP contribution in [0.25, 0.3) is 0 Å². The largest absolute Gasteiger partial charge is 0.497 e. The van der Waals surface area contributed by atoms with Gasteiger partial charge in [-0.25, -0.2) is 0 Å². The zero-order valence-electron chi connectivity index (χ0n) is 19.1. The summed E-state index contributed by atoms with van der Waals surface area (Å²) in [6.45, 7) is 0.744. The van der Waals surface area contributed by atoms with Gasteiger partial charge in [-0.3, -0.25) is 4.79 Å². The summed E-state index contributed by atoms with van der Waals surface area (Å²) in [7, 11) is 3.15. The molecule has 1 amide bonds. The van der Waals surface area contributed by atoms with Crippen molar-refractivity contribution in [3.8, 4) is 11.5 Å². The number of thioether (sulfide) groups is 1. The lowest BCUT2D eigenvalue weighted by Crippen LogP contribution is -2.16. The maximum atomic E-state index is 12.7. The van der Waals surface area contributed by atoms with E-state index in [0.29, 0.717) is 17.2 Å². The molecule has 0 spiro atoms. The Balaban J connectivity index is 1.45. The standard InChI is InChI=1S/C25H26N4O3S2/c1-31-19-10-11-21(22(15-19)32-2)26-24(30)17-34-25-28-27-23(16-20-9-6-14-33-20)29(25)13-12-18-7-4-3-5-8-18/h3-11,14-15H,12-13,16-17H2,1-2H3,(H,26,30). The van der Waals surface area contributed by atoms with Crippen molar-refractivity contribution in [2.45, 2.75) is 24.5 Å². The van der Waals surface area contributed by atoms with Crippen LogP contribution in [-0.4, -0.2) is 40.6 Å². The fourth-order valence-corrected chi connectivity index (χ4v) is 4.94. The van der Waals surface area contributed by atoms with Crippen LogP contribution in [0.5, 0.6) is 11.5 Å². The second kappa shape index (κ2) is 11.7. The Labute approximate surface area is 207 Å². The highest BCUT2D eigenvalue weighted by atomic mass is 32.2. The number of aryl methyl sites for hydroxylation is 1. The lowest BCUT2D eigenvalue weighted by Gasteiger charge is -2.12. The first-order valence-electron chi connectivity index (χ1n) is 10.8. The normalized spacial score (nSPS) is 10.8. The number of anilines is 1. The summed E-state index contributed by atoms with van der Waals surface area (Å²) in [4.78, 5) is 13.9. The molecule has 7 nitrogen and oxygen atoms in total. The van der Waals surface area contributed by atoms with Gasteiger partial charge in [0.1, 0.15) is 17.3 Å². The van der Waals surface area contributed by atoms with Crippen molar-refractivity contribution in [1.82, 2.24) is 14.8 Å². The van der Waals surface area contributed by atoms with Crippen LogP contribution in [0.4, 0.5) is 5.69 Å². The summed E-state index contributed by atoms with van der Waals surface area (Å²) in [5.41, 5.74) is 1.84. The molecular weight excluding hydrogens is 468 g/mol. The number of aromatic nitrogens is 3. The molecule has 4 rings (SSSR count). The maximum Gasteiger partial charge on any atom is 0.234 e. The number of hydrogen-bond donors (Lipinski definition) is 1. The topological polar surface area (TPSA) is 78.3 Å². The molecule has 0 atom stereocenters. The van der Waals surface area contributed by atoms with E-state index in [0.717, 1.165) is 30.4 Å². The molecule has 2 aromatic carbocycles. The minimum absolute atomic E-state index is 0.147. The molecule has 0 bridgehead atoms. The summed E-state index contributed by atoms with van der Waals surface area (Å²) in [5.74, 6) is 2.16. The van der Waals surface area contributed by atoms with Crippen LogP contribution in [0.15, 0.2) is 71.2 Å². The molecule has 176 valence electrons. The third-order valence-electron chi connectivity index (χ3n) is 5.19. The summed E-state index contributed by atoms with van der Waals surface area (Å²) < 4.78 is 12.7. The average molecular weight is 495 g/mol.